The van der Waals surface area contributed by atoms with Crippen molar-refractivity contribution in [2.75, 3.05) is 13.2 Å². The van der Waals surface area contributed by atoms with Gasteiger partial charge in [-0.15, -0.1) is 0 Å². The number of ether oxygens (including phenoxy) is 2. The van der Waals surface area contributed by atoms with Crippen LogP contribution in [-0.2, 0) is 9.59 Å². The molecule has 1 aliphatic carbocycles. The first kappa shape index (κ1) is 17.8. The zero-order valence-corrected chi connectivity index (χ0v) is 14.2. The van der Waals surface area contributed by atoms with Gasteiger partial charge < -0.3 is 14.8 Å². The third-order valence-electron chi connectivity index (χ3n) is 3.40. The Kier molecular flexibility index (Phi) is 6.17. The molecule has 130 valence electrons. The van der Waals surface area contributed by atoms with Crippen LogP contribution in [0.5, 0.6) is 11.5 Å². The van der Waals surface area contributed by atoms with Crippen molar-refractivity contribution in [1.29, 1.82) is 0 Å². The van der Waals surface area contributed by atoms with Crippen molar-refractivity contribution in [3.8, 4) is 11.5 Å². The quantitative estimate of drug-likeness (QED) is 0.451. The van der Waals surface area contributed by atoms with E-state index in [1.807, 2.05) is 19.9 Å². The number of hydrogen-bond acceptors (Lipinski definition) is 5. The molecule has 0 unspecified atom stereocenters. The highest BCUT2D eigenvalue weighted by Gasteiger charge is 2.26. The first-order chi connectivity index (χ1) is 11.5. The average Bonchev–Trinajstić information content (AvgIpc) is 3.38. The Balaban J connectivity index is 2.10. The molecule has 1 aromatic carbocycles. The van der Waals surface area contributed by atoms with Crippen LogP contribution in [0.25, 0.3) is 0 Å². The van der Waals surface area contributed by atoms with E-state index in [1.165, 1.54) is 0 Å². The van der Waals surface area contributed by atoms with Crippen LogP contribution in [0, 0.1) is 0 Å². The van der Waals surface area contributed by atoms with Crippen LogP contribution < -0.4 is 20.2 Å². The third kappa shape index (κ3) is 4.97. The normalized spacial score (nSPS) is 14.0. The van der Waals surface area contributed by atoms with Gasteiger partial charge in [0.1, 0.15) is 11.5 Å². The zero-order valence-electron chi connectivity index (χ0n) is 14.2. The number of hydrazone groups is 1. The van der Waals surface area contributed by atoms with Gasteiger partial charge in [-0.25, -0.2) is 5.43 Å². The summed E-state index contributed by atoms with van der Waals surface area (Å²) in [6.07, 6.45) is 1.84. The van der Waals surface area contributed by atoms with E-state index in [0.717, 1.165) is 12.8 Å². The summed E-state index contributed by atoms with van der Waals surface area (Å²) in [6.45, 7) is 6.56. The van der Waals surface area contributed by atoms with Gasteiger partial charge in [0.25, 0.3) is 0 Å². The second kappa shape index (κ2) is 8.33. The van der Waals surface area contributed by atoms with Crippen molar-refractivity contribution < 1.29 is 19.1 Å². The molecule has 7 nitrogen and oxygen atoms in total. The maximum atomic E-state index is 11.7. The Morgan fingerprint density at radius 1 is 1.17 bits per heavy atom. The lowest BCUT2D eigenvalue weighted by molar-refractivity contribution is -0.139. The van der Waals surface area contributed by atoms with Gasteiger partial charge in [0.05, 0.1) is 18.9 Å². The molecule has 2 N–H and O–H groups in total. The Morgan fingerprint density at radius 3 is 2.50 bits per heavy atom. The molecule has 1 aromatic rings. The van der Waals surface area contributed by atoms with Crippen LogP contribution in [0.2, 0.25) is 0 Å². The van der Waals surface area contributed by atoms with Crippen LogP contribution in [0.3, 0.4) is 0 Å². The van der Waals surface area contributed by atoms with Gasteiger partial charge in [-0.2, -0.15) is 5.10 Å². The molecule has 24 heavy (non-hydrogen) atoms. The molecular formula is C17H23N3O4. The minimum Gasteiger partial charge on any atom is -0.494 e. The third-order valence-corrected chi connectivity index (χ3v) is 3.40. The topological polar surface area (TPSA) is 89.0 Å². The van der Waals surface area contributed by atoms with Gasteiger partial charge in [0.2, 0.25) is 0 Å². The summed E-state index contributed by atoms with van der Waals surface area (Å²) in [7, 11) is 0. The first-order valence-corrected chi connectivity index (χ1v) is 8.10. The molecule has 7 heteroatoms. The number of nitrogens with one attached hydrogen (secondary N) is 2. The Morgan fingerprint density at radius 2 is 1.88 bits per heavy atom. The minimum atomic E-state index is -0.778. The lowest BCUT2D eigenvalue weighted by Crippen LogP contribution is -2.39. The molecule has 0 spiro atoms. The number of nitrogens with zero attached hydrogens (tertiary/aromatic N) is 1. The zero-order chi connectivity index (χ0) is 17.5. The Labute approximate surface area is 141 Å². The second-order valence-electron chi connectivity index (χ2n) is 5.41. The van der Waals surface area contributed by atoms with E-state index in [2.05, 4.69) is 15.8 Å². The summed E-state index contributed by atoms with van der Waals surface area (Å²) in [4.78, 5) is 23.4. The highest BCUT2D eigenvalue weighted by Crippen LogP contribution is 2.25. The summed E-state index contributed by atoms with van der Waals surface area (Å²) in [5.41, 5.74) is 3.50. The van der Waals surface area contributed by atoms with Crippen LogP contribution in [0.15, 0.2) is 23.3 Å². The summed E-state index contributed by atoms with van der Waals surface area (Å²) in [6, 6.07) is 5.53. The van der Waals surface area contributed by atoms with E-state index < -0.39 is 11.8 Å². The van der Waals surface area contributed by atoms with Gasteiger partial charge in [-0.05, 0) is 51.8 Å². The van der Waals surface area contributed by atoms with Crippen LogP contribution in [-0.4, -0.2) is 36.8 Å². The van der Waals surface area contributed by atoms with E-state index in [-0.39, 0.29) is 6.04 Å². The molecule has 2 rings (SSSR count). The molecule has 1 aliphatic rings. The smallest absolute Gasteiger partial charge is 0.329 e. The van der Waals surface area contributed by atoms with Crippen LogP contribution in [0.1, 0.15) is 39.2 Å². The lowest BCUT2D eigenvalue weighted by atomic mass is 10.1. The first-order valence-electron chi connectivity index (χ1n) is 8.10. The van der Waals surface area contributed by atoms with Crippen LogP contribution >= 0.6 is 0 Å². The standard InChI is InChI=1S/C17H23N3O4/c1-4-23-13-8-9-15(24-5-2)14(10-13)11(3)19-20-17(22)16(21)18-12-6-7-12/h8-10,12H,4-7H2,1-3H3,(H,18,21)(H,20,22)/b19-11-. The number of benzene rings is 1. The van der Waals surface area contributed by atoms with Gasteiger partial charge in [-0.3, -0.25) is 9.59 Å². The fraction of sp³-hybridized carbons (Fsp3) is 0.471. The summed E-state index contributed by atoms with van der Waals surface area (Å²) < 4.78 is 11.1. The summed E-state index contributed by atoms with van der Waals surface area (Å²) in [5, 5.41) is 6.62. The predicted molar refractivity (Wildman–Crippen MR) is 90.3 cm³/mol. The highest BCUT2D eigenvalue weighted by molar-refractivity contribution is 6.35. The Bertz CT molecular complexity index is 639. The van der Waals surface area contributed by atoms with Gasteiger partial charge in [0, 0.05) is 11.6 Å². The fourth-order valence-electron chi connectivity index (χ4n) is 2.05. The second-order valence-corrected chi connectivity index (χ2v) is 5.41. The molecule has 0 atom stereocenters. The van der Waals surface area contributed by atoms with Crippen LogP contribution in [0.4, 0.5) is 0 Å². The molecule has 1 saturated carbocycles. The number of hydrogen-bond donors (Lipinski definition) is 2. The van der Waals surface area contributed by atoms with Crippen molar-refractivity contribution >= 4 is 17.5 Å². The van der Waals surface area contributed by atoms with Gasteiger partial charge in [0.15, 0.2) is 0 Å². The lowest BCUT2D eigenvalue weighted by Gasteiger charge is -2.12. The molecule has 1 fully saturated rings. The predicted octanol–water partition coefficient (Wildman–Crippen LogP) is 1.60. The SMILES string of the molecule is CCOc1ccc(OCC)c(/C(C)=N\NC(=O)C(=O)NC2CC2)c1. The molecule has 0 heterocycles. The van der Waals surface area contributed by atoms with Crippen molar-refractivity contribution in [3.63, 3.8) is 0 Å². The van der Waals surface area contributed by atoms with E-state index >= 15 is 0 Å². The number of carbonyl (C=O) groups excluding carboxylic acids is 2. The van der Waals surface area contributed by atoms with E-state index in [1.54, 1.807) is 19.1 Å². The summed E-state index contributed by atoms with van der Waals surface area (Å²) >= 11 is 0. The Hall–Kier alpha value is -2.57. The van der Waals surface area contributed by atoms with Crippen molar-refractivity contribution in [2.24, 2.45) is 5.10 Å². The average molecular weight is 333 g/mol. The fourth-order valence-corrected chi connectivity index (χ4v) is 2.05. The van der Waals surface area contributed by atoms with E-state index in [0.29, 0.717) is 36.0 Å². The summed E-state index contributed by atoms with van der Waals surface area (Å²) in [5.74, 6) is -0.121. The highest BCUT2D eigenvalue weighted by atomic mass is 16.5. The van der Waals surface area contributed by atoms with Crippen molar-refractivity contribution in [1.82, 2.24) is 10.7 Å². The monoisotopic (exact) mass is 333 g/mol. The molecule has 2 amide bonds. The maximum Gasteiger partial charge on any atom is 0.329 e. The molecular weight excluding hydrogens is 310 g/mol. The number of rotatable bonds is 7. The number of carbonyl (C=O) groups is 2. The van der Waals surface area contributed by atoms with E-state index in [4.69, 9.17) is 9.47 Å². The van der Waals surface area contributed by atoms with Gasteiger partial charge in [-0.1, -0.05) is 0 Å². The van der Waals surface area contributed by atoms with E-state index in [9.17, 15) is 9.59 Å². The molecule has 0 aliphatic heterocycles. The van der Waals surface area contributed by atoms with Crippen molar-refractivity contribution in [2.45, 2.75) is 39.7 Å². The molecule has 0 bridgehead atoms. The van der Waals surface area contributed by atoms with Crippen molar-refractivity contribution in [3.05, 3.63) is 23.8 Å². The molecule has 0 aromatic heterocycles. The molecule has 0 radical (unpaired) electrons. The largest absolute Gasteiger partial charge is 0.494 e. The minimum absolute atomic E-state index is 0.126. The molecule has 0 saturated heterocycles. The van der Waals surface area contributed by atoms with Gasteiger partial charge >= 0.3 is 11.8 Å². The number of amides is 2. The maximum absolute atomic E-state index is 11.7.